The lowest BCUT2D eigenvalue weighted by Gasteiger charge is -2.35. The predicted molar refractivity (Wildman–Crippen MR) is 170 cm³/mol. The van der Waals surface area contributed by atoms with E-state index in [0.29, 0.717) is 17.4 Å². The van der Waals surface area contributed by atoms with Gasteiger partial charge in [-0.15, -0.1) is 0 Å². The van der Waals surface area contributed by atoms with Crippen molar-refractivity contribution in [1.82, 2.24) is 10.6 Å². The zero-order chi connectivity index (χ0) is 28.3. The van der Waals surface area contributed by atoms with Crippen LogP contribution in [0.25, 0.3) is 11.1 Å². The Balaban J connectivity index is 1.12. The van der Waals surface area contributed by atoms with Gasteiger partial charge in [-0.2, -0.15) is 5.26 Å². The lowest BCUT2D eigenvalue weighted by atomic mass is 9.76. The second kappa shape index (κ2) is 11.5. The average molecular weight is 545 g/mol. The molecule has 4 atom stereocenters. The van der Waals surface area contributed by atoms with Gasteiger partial charge < -0.3 is 5.32 Å². The highest BCUT2D eigenvalue weighted by molar-refractivity contribution is 5.99. The number of aliphatic imine (C=N–C) groups is 1. The maximum absolute atomic E-state index is 9.27. The monoisotopic (exact) mass is 544 g/mol. The van der Waals surface area contributed by atoms with E-state index in [1.54, 1.807) is 0 Å². The van der Waals surface area contributed by atoms with Crippen LogP contribution >= 0.6 is 0 Å². The van der Waals surface area contributed by atoms with Crippen LogP contribution in [0.1, 0.15) is 47.2 Å². The third-order valence-electron chi connectivity index (χ3n) is 8.49. The molecule has 7 rings (SSSR count). The summed E-state index contributed by atoms with van der Waals surface area (Å²) >= 11 is 0. The summed E-state index contributed by atoms with van der Waals surface area (Å²) in [4.78, 5) is 5.06. The van der Waals surface area contributed by atoms with Gasteiger partial charge in [-0.05, 0) is 52.8 Å². The molecule has 1 heterocycles. The van der Waals surface area contributed by atoms with Gasteiger partial charge in [0.2, 0.25) is 0 Å². The summed E-state index contributed by atoms with van der Waals surface area (Å²) in [6.07, 6.45) is 11.4. The fraction of sp³-hybridized carbons (Fsp3) is 0.158. The highest BCUT2D eigenvalue weighted by Crippen LogP contribution is 2.40. The largest absolute Gasteiger partial charge is 0.350 e. The molecule has 0 saturated heterocycles. The molecular formula is C38H32N4. The van der Waals surface area contributed by atoms with Gasteiger partial charge in [0.25, 0.3) is 0 Å². The second-order valence-electron chi connectivity index (χ2n) is 11.2. The molecule has 0 bridgehead atoms. The number of amidine groups is 1. The van der Waals surface area contributed by atoms with Gasteiger partial charge in [-0.25, -0.2) is 4.99 Å². The molecule has 4 aromatic carbocycles. The zero-order valence-electron chi connectivity index (χ0n) is 23.3. The third kappa shape index (κ3) is 5.35. The number of fused-ring (bicyclic) bond motifs is 1. The first-order chi connectivity index (χ1) is 20.7. The first-order valence-electron chi connectivity index (χ1n) is 14.6. The summed E-state index contributed by atoms with van der Waals surface area (Å²) in [5.74, 6) is 1.71. The van der Waals surface area contributed by atoms with Crippen LogP contribution in [-0.4, -0.2) is 12.0 Å². The van der Waals surface area contributed by atoms with Crippen LogP contribution < -0.4 is 10.6 Å². The highest BCUT2D eigenvalue weighted by Gasteiger charge is 2.30. The Morgan fingerprint density at radius 3 is 2.24 bits per heavy atom. The number of hydrogen-bond acceptors (Lipinski definition) is 4. The molecule has 0 amide bonds. The van der Waals surface area contributed by atoms with E-state index in [9.17, 15) is 5.26 Å². The molecule has 42 heavy (non-hydrogen) atoms. The van der Waals surface area contributed by atoms with Crippen LogP contribution in [0.4, 0.5) is 0 Å². The van der Waals surface area contributed by atoms with Gasteiger partial charge in [0, 0.05) is 17.4 Å². The minimum absolute atomic E-state index is 0.0378. The SMILES string of the molecule is N#Cc1cccc(-c2ccc(C3C=CC4CC=C(C5NC(c6ccccc6)=NC(c6ccccc6)N5)C=C4C3)cc2)c1. The topological polar surface area (TPSA) is 60.2 Å². The Morgan fingerprint density at radius 2 is 1.45 bits per heavy atom. The van der Waals surface area contributed by atoms with Crippen LogP contribution in [0.15, 0.2) is 150 Å². The number of nitriles is 1. The molecule has 0 fully saturated rings. The van der Waals surface area contributed by atoms with E-state index in [4.69, 9.17) is 4.99 Å². The van der Waals surface area contributed by atoms with Crippen molar-refractivity contribution >= 4 is 5.84 Å². The predicted octanol–water partition coefficient (Wildman–Crippen LogP) is 7.81. The number of benzene rings is 4. The molecule has 2 N–H and O–H groups in total. The van der Waals surface area contributed by atoms with Crippen molar-refractivity contribution in [3.8, 4) is 17.2 Å². The first-order valence-corrected chi connectivity index (χ1v) is 14.6. The minimum Gasteiger partial charge on any atom is -0.350 e. The summed E-state index contributed by atoms with van der Waals surface area (Å²) < 4.78 is 0. The molecule has 1 aliphatic heterocycles. The Hall–Kier alpha value is -4.98. The first kappa shape index (κ1) is 26.0. The second-order valence-corrected chi connectivity index (χ2v) is 11.2. The van der Waals surface area contributed by atoms with Gasteiger partial charge in [0.05, 0.1) is 11.6 Å². The van der Waals surface area contributed by atoms with E-state index >= 15 is 0 Å². The van der Waals surface area contributed by atoms with E-state index in [2.05, 4.69) is 120 Å². The smallest absolute Gasteiger partial charge is 0.131 e. The van der Waals surface area contributed by atoms with Crippen LogP contribution in [0.2, 0.25) is 0 Å². The van der Waals surface area contributed by atoms with E-state index in [1.165, 1.54) is 16.7 Å². The molecule has 4 aromatic rings. The van der Waals surface area contributed by atoms with Crippen LogP contribution in [0.3, 0.4) is 0 Å². The molecule has 4 nitrogen and oxygen atoms in total. The summed E-state index contributed by atoms with van der Waals surface area (Å²) in [5, 5.41) is 16.7. The molecule has 204 valence electrons. The lowest BCUT2D eigenvalue weighted by molar-refractivity contribution is 0.438. The van der Waals surface area contributed by atoms with Crippen LogP contribution in [-0.2, 0) is 0 Å². The van der Waals surface area contributed by atoms with E-state index < -0.39 is 0 Å². The standard InChI is InChI=1S/C38H32N4/c39-25-26-8-7-13-32(22-26)27-14-16-28(17-15-27)33-20-18-29-19-21-34(24-35(29)23-33)38-41-36(30-9-3-1-4-10-30)40-37(42-38)31-11-5-2-6-12-31/h1-18,20-22,24,29,33,36,38,41H,19,23H2,(H,40,42). The van der Waals surface area contributed by atoms with Crippen molar-refractivity contribution in [1.29, 1.82) is 5.26 Å². The van der Waals surface area contributed by atoms with Crippen molar-refractivity contribution in [3.63, 3.8) is 0 Å². The number of hydrogen-bond donors (Lipinski definition) is 2. The number of nitrogens with one attached hydrogen (secondary N) is 2. The molecule has 0 aromatic heterocycles. The van der Waals surface area contributed by atoms with E-state index in [1.807, 2.05) is 30.3 Å². The van der Waals surface area contributed by atoms with Gasteiger partial charge in [-0.3, -0.25) is 5.32 Å². The molecular weight excluding hydrogens is 512 g/mol. The average Bonchev–Trinajstić information content (AvgIpc) is 3.08. The Bertz CT molecular complexity index is 1740. The Morgan fingerprint density at radius 1 is 0.714 bits per heavy atom. The van der Waals surface area contributed by atoms with Crippen molar-refractivity contribution in [2.75, 3.05) is 0 Å². The van der Waals surface area contributed by atoms with E-state index in [-0.39, 0.29) is 12.3 Å². The zero-order valence-corrected chi connectivity index (χ0v) is 23.3. The van der Waals surface area contributed by atoms with Crippen molar-refractivity contribution in [2.24, 2.45) is 10.9 Å². The Kier molecular flexibility index (Phi) is 7.10. The molecule has 4 unspecified atom stereocenters. The lowest BCUT2D eigenvalue weighted by Crippen LogP contribution is -2.52. The van der Waals surface area contributed by atoms with Crippen molar-refractivity contribution < 1.29 is 0 Å². The van der Waals surface area contributed by atoms with Gasteiger partial charge in [-0.1, -0.05) is 127 Å². The number of rotatable bonds is 5. The Labute approximate surface area is 247 Å². The van der Waals surface area contributed by atoms with Crippen molar-refractivity contribution in [3.05, 3.63) is 167 Å². The molecule has 4 heteroatoms. The maximum Gasteiger partial charge on any atom is 0.131 e. The van der Waals surface area contributed by atoms with Gasteiger partial charge in [0.1, 0.15) is 18.2 Å². The summed E-state index contributed by atoms with van der Waals surface area (Å²) in [5.41, 5.74) is 9.21. The van der Waals surface area contributed by atoms with Gasteiger partial charge in [0.15, 0.2) is 0 Å². The molecule has 0 spiro atoms. The van der Waals surface area contributed by atoms with Crippen LogP contribution in [0, 0.1) is 17.2 Å². The fourth-order valence-corrected chi connectivity index (χ4v) is 6.20. The van der Waals surface area contributed by atoms with Crippen molar-refractivity contribution in [2.45, 2.75) is 31.1 Å². The molecule has 3 aliphatic rings. The van der Waals surface area contributed by atoms with E-state index in [0.717, 1.165) is 40.9 Å². The fourth-order valence-electron chi connectivity index (χ4n) is 6.20. The van der Waals surface area contributed by atoms with Gasteiger partial charge >= 0.3 is 0 Å². The third-order valence-corrected chi connectivity index (χ3v) is 8.49. The summed E-state index contributed by atoms with van der Waals surface area (Å²) in [6, 6.07) is 39.7. The normalized spacial score (nSPS) is 23.0. The summed E-state index contributed by atoms with van der Waals surface area (Å²) in [6.45, 7) is 0. The van der Waals surface area contributed by atoms with Crippen LogP contribution in [0.5, 0.6) is 0 Å². The summed E-state index contributed by atoms with van der Waals surface area (Å²) in [7, 11) is 0. The quantitative estimate of drug-likeness (QED) is 0.252. The molecule has 2 aliphatic carbocycles. The maximum atomic E-state index is 9.27. The molecule has 0 radical (unpaired) electrons. The minimum atomic E-state index is -0.129. The molecule has 0 saturated carbocycles. The number of nitrogens with zero attached hydrogens (tertiary/aromatic N) is 2. The highest BCUT2D eigenvalue weighted by atomic mass is 15.3. The number of allylic oxidation sites excluding steroid dienone is 4.